The molecule has 0 fully saturated rings. The third-order valence-electron chi connectivity index (χ3n) is 3.33. The molecule has 1 aliphatic rings. The lowest BCUT2D eigenvalue weighted by molar-refractivity contribution is 0.00949. The molecule has 0 aromatic carbocycles. The quantitative estimate of drug-likeness (QED) is 0.618. The first kappa shape index (κ1) is 10.8. The summed E-state index contributed by atoms with van der Waals surface area (Å²) in [6.07, 6.45) is 3.14. The Balaban J connectivity index is 2.89. The van der Waals surface area contributed by atoms with E-state index in [9.17, 15) is 5.11 Å². The first-order valence-electron chi connectivity index (χ1n) is 5.24. The van der Waals surface area contributed by atoms with Crippen molar-refractivity contribution in [2.45, 2.75) is 47.1 Å². The third kappa shape index (κ3) is 1.96. The maximum Gasteiger partial charge on any atom is 0.0656 e. The van der Waals surface area contributed by atoms with Crippen molar-refractivity contribution in [1.29, 1.82) is 0 Å². The normalized spacial score (nSPS) is 33.3. The number of hydrogen-bond acceptors (Lipinski definition) is 1. The average Bonchev–Trinajstić information content (AvgIpc) is 2.00. The van der Waals surface area contributed by atoms with E-state index in [1.165, 1.54) is 5.57 Å². The fourth-order valence-corrected chi connectivity index (χ4v) is 2.31. The molecule has 0 radical (unpaired) electrons. The van der Waals surface area contributed by atoms with E-state index < -0.39 is 0 Å². The molecule has 1 N–H and O–H groups in total. The highest BCUT2D eigenvalue weighted by molar-refractivity contribution is 5.17. The topological polar surface area (TPSA) is 20.2 Å². The number of aliphatic hydroxyl groups excluding tert-OH is 1. The van der Waals surface area contributed by atoms with Gasteiger partial charge in [0, 0.05) is 5.92 Å². The molecule has 0 aromatic heterocycles. The Morgan fingerprint density at radius 2 is 2.00 bits per heavy atom. The van der Waals surface area contributed by atoms with E-state index >= 15 is 0 Å². The van der Waals surface area contributed by atoms with Crippen molar-refractivity contribution in [3.05, 3.63) is 11.6 Å². The van der Waals surface area contributed by atoms with Gasteiger partial charge in [0.1, 0.15) is 0 Å². The van der Waals surface area contributed by atoms with Crippen molar-refractivity contribution >= 4 is 0 Å². The van der Waals surface area contributed by atoms with E-state index in [1.807, 2.05) is 0 Å². The Morgan fingerprint density at radius 3 is 2.46 bits per heavy atom. The second kappa shape index (κ2) is 3.45. The van der Waals surface area contributed by atoms with Crippen LogP contribution in [0.2, 0.25) is 0 Å². The van der Waals surface area contributed by atoms with E-state index in [2.05, 4.69) is 40.7 Å². The highest BCUT2D eigenvalue weighted by Crippen LogP contribution is 2.40. The molecule has 2 atom stereocenters. The number of hydrogen-bond donors (Lipinski definition) is 1. The van der Waals surface area contributed by atoms with Crippen LogP contribution < -0.4 is 0 Å². The van der Waals surface area contributed by atoms with Crippen LogP contribution in [0.3, 0.4) is 0 Å². The summed E-state index contributed by atoms with van der Waals surface area (Å²) in [5.74, 6) is 0.893. The van der Waals surface area contributed by atoms with Crippen LogP contribution in [0.4, 0.5) is 0 Å². The van der Waals surface area contributed by atoms with Gasteiger partial charge < -0.3 is 5.11 Å². The van der Waals surface area contributed by atoms with Crippen LogP contribution in [0, 0.1) is 17.3 Å². The molecule has 1 nitrogen and oxygen atoms in total. The predicted molar refractivity (Wildman–Crippen MR) is 56.5 cm³/mol. The minimum atomic E-state index is -0.185. The maximum atomic E-state index is 10.1. The Kier molecular flexibility index (Phi) is 2.86. The van der Waals surface area contributed by atoms with Crippen LogP contribution in [0.5, 0.6) is 0 Å². The summed E-state index contributed by atoms with van der Waals surface area (Å²) in [7, 11) is 0. The minimum Gasteiger partial charge on any atom is -0.392 e. The largest absolute Gasteiger partial charge is 0.392 e. The summed E-state index contributed by atoms with van der Waals surface area (Å²) < 4.78 is 0. The molecule has 0 bridgehead atoms. The number of allylic oxidation sites excluding steroid dienone is 1. The van der Waals surface area contributed by atoms with E-state index in [0.29, 0.717) is 11.8 Å². The van der Waals surface area contributed by atoms with Crippen LogP contribution in [0.1, 0.15) is 41.0 Å². The van der Waals surface area contributed by atoms with Crippen LogP contribution in [-0.2, 0) is 0 Å². The van der Waals surface area contributed by atoms with Crippen LogP contribution in [-0.4, -0.2) is 11.2 Å². The Labute approximate surface area is 81.9 Å². The second-order valence-electron chi connectivity index (χ2n) is 5.29. The van der Waals surface area contributed by atoms with E-state index in [0.717, 1.165) is 6.42 Å². The number of aliphatic hydroxyl groups is 1. The zero-order valence-corrected chi connectivity index (χ0v) is 9.46. The van der Waals surface area contributed by atoms with Gasteiger partial charge in [-0.25, -0.2) is 0 Å². The monoisotopic (exact) mass is 182 g/mol. The van der Waals surface area contributed by atoms with Gasteiger partial charge in [-0.05, 0) is 17.8 Å². The molecule has 13 heavy (non-hydrogen) atoms. The lowest BCUT2D eigenvalue weighted by atomic mass is 9.68. The minimum absolute atomic E-state index is 0.0534. The van der Waals surface area contributed by atoms with Gasteiger partial charge in [0.15, 0.2) is 0 Å². The fourth-order valence-electron chi connectivity index (χ4n) is 2.31. The molecule has 0 saturated heterocycles. The third-order valence-corrected chi connectivity index (χ3v) is 3.33. The van der Waals surface area contributed by atoms with E-state index in [-0.39, 0.29) is 11.5 Å². The fraction of sp³-hybridized carbons (Fsp3) is 0.833. The summed E-state index contributed by atoms with van der Waals surface area (Å²) in [4.78, 5) is 0. The second-order valence-corrected chi connectivity index (χ2v) is 5.29. The maximum absolute atomic E-state index is 10.1. The molecule has 1 heteroatoms. The summed E-state index contributed by atoms with van der Waals surface area (Å²) in [6, 6.07) is 0. The van der Waals surface area contributed by atoms with Gasteiger partial charge in [-0.2, -0.15) is 0 Å². The van der Waals surface area contributed by atoms with Gasteiger partial charge in [-0.3, -0.25) is 0 Å². The summed E-state index contributed by atoms with van der Waals surface area (Å²) in [5.41, 5.74) is 1.48. The Morgan fingerprint density at radius 1 is 1.46 bits per heavy atom. The van der Waals surface area contributed by atoms with Crippen LogP contribution in [0.15, 0.2) is 11.6 Å². The van der Waals surface area contributed by atoms with Crippen LogP contribution >= 0.6 is 0 Å². The smallest absolute Gasteiger partial charge is 0.0656 e. The molecule has 1 rings (SSSR count). The zero-order valence-electron chi connectivity index (χ0n) is 9.46. The first-order chi connectivity index (χ1) is 5.86. The summed E-state index contributed by atoms with van der Waals surface area (Å²) in [5, 5.41) is 10.1. The molecule has 0 aromatic rings. The molecule has 0 saturated carbocycles. The average molecular weight is 182 g/mol. The van der Waals surface area contributed by atoms with Gasteiger partial charge in [-0.15, -0.1) is 0 Å². The van der Waals surface area contributed by atoms with Gasteiger partial charge in [0.2, 0.25) is 0 Å². The standard InChI is InChI=1S/C12H22O/c1-8(2)10-6-7-12(4,5)11(13)9(10)3/h6,8-9,11,13H,7H2,1-5H3. The van der Waals surface area contributed by atoms with Gasteiger partial charge >= 0.3 is 0 Å². The molecule has 0 heterocycles. The van der Waals surface area contributed by atoms with E-state index in [1.54, 1.807) is 0 Å². The molecule has 2 unspecified atom stereocenters. The van der Waals surface area contributed by atoms with Crippen molar-refractivity contribution in [3.63, 3.8) is 0 Å². The Bertz CT molecular complexity index is 213. The molecular formula is C12H22O. The highest BCUT2D eigenvalue weighted by Gasteiger charge is 2.36. The van der Waals surface area contributed by atoms with Crippen molar-refractivity contribution in [2.75, 3.05) is 0 Å². The lowest BCUT2D eigenvalue weighted by Crippen LogP contribution is -2.39. The molecule has 0 aliphatic heterocycles. The first-order valence-corrected chi connectivity index (χ1v) is 5.24. The molecule has 1 aliphatic carbocycles. The summed E-state index contributed by atoms with van der Waals surface area (Å²) >= 11 is 0. The van der Waals surface area contributed by atoms with Crippen molar-refractivity contribution in [3.8, 4) is 0 Å². The van der Waals surface area contributed by atoms with E-state index in [4.69, 9.17) is 0 Å². The van der Waals surface area contributed by atoms with Crippen molar-refractivity contribution < 1.29 is 5.11 Å². The number of rotatable bonds is 1. The predicted octanol–water partition coefficient (Wildman–Crippen LogP) is 3.00. The van der Waals surface area contributed by atoms with Gasteiger partial charge in [-0.1, -0.05) is 46.3 Å². The molecular weight excluding hydrogens is 160 g/mol. The molecule has 76 valence electrons. The molecule has 0 spiro atoms. The van der Waals surface area contributed by atoms with Crippen LogP contribution in [0.25, 0.3) is 0 Å². The van der Waals surface area contributed by atoms with Crippen molar-refractivity contribution in [2.24, 2.45) is 17.3 Å². The summed E-state index contributed by atoms with van der Waals surface area (Å²) in [6.45, 7) is 10.8. The zero-order chi connectivity index (χ0) is 10.2. The van der Waals surface area contributed by atoms with Crippen molar-refractivity contribution in [1.82, 2.24) is 0 Å². The highest BCUT2D eigenvalue weighted by atomic mass is 16.3. The lowest BCUT2D eigenvalue weighted by Gasteiger charge is -2.40. The van der Waals surface area contributed by atoms with Gasteiger partial charge in [0.25, 0.3) is 0 Å². The Hall–Kier alpha value is -0.300. The molecule has 0 amide bonds. The SMILES string of the molecule is CC(C)C1=CCC(C)(C)C(O)C1C. The van der Waals surface area contributed by atoms with Gasteiger partial charge in [0.05, 0.1) is 6.10 Å².